The lowest BCUT2D eigenvalue weighted by Crippen LogP contribution is -2.23. The molecule has 106 valence electrons. The Bertz CT molecular complexity index is 429. The summed E-state index contributed by atoms with van der Waals surface area (Å²) in [5, 5.41) is 4.08. The van der Waals surface area contributed by atoms with Crippen molar-refractivity contribution in [3.8, 4) is 0 Å². The van der Waals surface area contributed by atoms with Gasteiger partial charge in [-0.05, 0) is 31.5 Å². The lowest BCUT2D eigenvalue weighted by molar-refractivity contribution is 0.548. The van der Waals surface area contributed by atoms with Gasteiger partial charge in [0.2, 0.25) is 0 Å². The number of anilines is 1. The van der Waals surface area contributed by atoms with Gasteiger partial charge in [-0.15, -0.1) is 0 Å². The summed E-state index contributed by atoms with van der Waals surface area (Å²) in [6.07, 6.45) is 0. The van der Waals surface area contributed by atoms with Crippen LogP contribution in [0.15, 0.2) is 24.3 Å². The maximum Gasteiger partial charge on any atom is 0.129 e. The minimum Gasteiger partial charge on any atom is -0.356 e. The lowest BCUT2D eigenvalue weighted by Gasteiger charge is -2.19. The van der Waals surface area contributed by atoms with Crippen LogP contribution in [-0.2, 0) is 6.54 Å². The number of halogens is 1. The molecule has 0 radical (unpaired) electrons. The number of likely N-dealkylation sites (N-methyl/N-ethyl adjacent to an activating group) is 1. The highest BCUT2D eigenvalue weighted by Crippen LogP contribution is 2.19. The molecule has 1 aromatic rings. The molecule has 0 fully saturated rings. The first-order valence-electron chi connectivity index (χ1n) is 6.61. The van der Waals surface area contributed by atoms with Crippen LogP contribution < -0.4 is 10.2 Å². The molecule has 0 saturated heterocycles. The number of nitrogens with zero attached hydrogens (tertiary/aromatic N) is 2. The van der Waals surface area contributed by atoms with Gasteiger partial charge in [0.1, 0.15) is 5.82 Å². The Labute approximate surface area is 121 Å². The number of pyridine rings is 1. The molecule has 0 amide bonds. The molecule has 1 N–H and O–H groups in total. The van der Waals surface area contributed by atoms with Gasteiger partial charge in [-0.3, -0.25) is 0 Å². The van der Waals surface area contributed by atoms with E-state index in [9.17, 15) is 0 Å². The van der Waals surface area contributed by atoms with Crippen molar-refractivity contribution >= 4 is 17.4 Å². The average Bonchev–Trinajstić information content (AvgIpc) is 2.30. The molecule has 1 rings (SSSR count). The van der Waals surface area contributed by atoms with Crippen molar-refractivity contribution in [2.45, 2.75) is 27.3 Å². The Hall–Kier alpha value is -1.06. The van der Waals surface area contributed by atoms with Crippen molar-refractivity contribution in [2.75, 3.05) is 25.0 Å². The van der Waals surface area contributed by atoms with E-state index in [1.165, 1.54) is 0 Å². The molecule has 0 aliphatic rings. The predicted molar refractivity (Wildman–Crippen MR) is 83.9 cm³/mol. The fourth-order valence-corrected chi connectivity index (χ4v) is 1.95. The van der Waals surface area contributed by atoms with Crippen molar-refractivity contribution < 1.29 is 0 Å². The molecule has 0 saturated carbocycles. The molecule has 19 heavy (non-hydrogen) atoms. The number of nitrogens with one attached hydrogen (secondary N) is 1. The van der Waals surface area contributed by atoms with Crippen LogP contribution >= 0.6 is 11.6 Å². The molecule has 3 nitrogen and oxygen atoms in total. The standard InChI is InChI=1S/C15H24ClN3/c1-11(2)8-17-9-14-13(16)6-7-15(18-14)19(5)10-12(3)4/h6-7,11,17H,3,8-10H2,1-2,4-5H3. The van der Waals surface area contributed by atoms with E-state index < -0.39 is 0 Å². The van der Waals surface area contributed by atoms with E-state index in [1.807, 2.05) is 26.1 Å². The zero-order chi connectivity index (χ0) is 14.4. The van der Waals surface area contributed by atoms with Crippen molar-refractivity contribution in [3.63, 3.8) is 0 Å². The highest BCUT2D eigenvalue weighted by molar-refractivity contribution is 6.31. The van der Waals surface area contributed by atoms with E-state index in [2.05, 4.69) is 35.6 Å². The van der Waals surface area contributed by atoms with Gasteiger partial charge < -0.3 is 10.2 Å². The summed E-state index contributed by atoms with van der Waals surface area (Å²) >= 11 is 6.18. The smallest absolute Gasteiger partial charge is 0.129 e. The van der Waals surface area contributed by atoms with Crippen LogP contribution in [-0.4, -0.2) is 25.1 Å². The van der Waals surface area contributed by atoms with E-state index in [0.29, 0.717) is 17.5 Å². The summed E-state index contributed by atoms with van der Waals surface area (Å²) in [5.74, 6) is 1.54. The van der Waals surface area contributed by atoms with Crippen LogP contribution in [0.3, 0.4) is 0 Å². The summed E-state index contributed by atoms with van der Waals surface area (Å²) in [6, 6.07) is 3.85. The van der Waals surface area contributed by atoms with Crippen molar-refractivity contribution in [2.24, 2.45) is 5.92 Å². The second-order valence-electron chi connectivity index (χ2n) is 5.44. The van der Waals surface area contributed by atoms with Crippen LogP contribution in [0, 0.1) is 5.92 Å². The molecule has 4 heteroatoms. The van der Waals surface area contributed by atoms with E-state index in [-0.39, 0.29) is 0 Å². The Balaban J connectivity index is 2.73. The molecule has 0 aliphatic carbocycles. The molecule has 0 aliphatic heterocycles. The number of rotatable bonds is 7. The van der Waals surface area contributed by atoms with Gasteiger partial charge in [-0.2, -0.15) is 0 Å². The fourth-order valence-electron chi connectivity index (χ4n) is 1.77. The summed E-state index contributed by atoms with van der Waals surface area (Å²) in [6.45, 7) is 12.8. The maximum atomic E-state index is 6.18. The number of hydrogen-bond donors (Lipinski definition) is 1. The molecule has 1 heterocycles. The monoisotopic (exact) mass is 281 g/mol. The topological polar surface area (TPSA) is 28.2 Å². The number of aromatic nitrogens is 1. The second-order valence-corrected chi connectivity index (χ2v) is 5.84. The first-order valence-corrected chi connectivity index (χ1v) is 6.99. The predicted octanol–water partition coefficient (Wildman–Crippen LogP) is 3.49. The molecule has 1 aromatic heterocycles. The Kier molecular flexibility index (Phi) is 6.32. The molecular formula is C15H24ClN3. The first kappa shape index (κ1) is 16.0. The molecule has 0 unspecified atom stereocenters. The Morgan fingerprint density at radius 2 is 2.16 bits per heavy atom. The minimum absolute atomic E-state index is 0.619. The molecule has 0 spiro atoms. The lowest BCUT2D eigenvalue weighted by atomic mass is 10.2. The van der Waals surface area contributed by atoms with Gasteiger partial charge in [-0.1, -0.05) is 37.6 Å². The fraction of sp³-hybridized carbons (Fsp3) is 0.533. The zero-order valence-corrected chi connectivity index (χ0v) is 13.1. The summed E-state index contributed by atoms with van der Waals surface area (Å²) < 4.78 is 0. The molecule has 0 aromatic carbocycles. The van der Waals surface area contributed by atoms with Gasteiger partial charge in [-0.25, -0.2) is 4.98 Å². The van der Waals surface area contributed by atoms with Crippen LogP contribution in [0.5, 0.6) is 0 Å². The van der Waals surface area contributed by atoms with Crippen LogP contribution in [0.1, 0.15) is 26.5 Å². The summed E-state index contributed by atoms with van der Waals surface area (Å²) in [4.78, 5) is 6.69. The van der Waals surface area contributed by atoms with Crippen molar-refractivity contribution in [1.82, 2.24) is 10.3 Å². The van der Waals surface area contributed by atoms with Crippen molar-refractivity contribution in [3.05, 3.63) is 35.0 Å². The maximum absolute atomic E-state index is 6.18. The zero-order valence-electron chi connectivity index (χ0n) is 12.3. The number of hydrogen-bond acceptors (Lipinski definition) is 3. The van der Waals surface area contributed by atoms with Gasteiger partial charge >= 0.3 is 0 Å². The third-order valence-corrected chi connectivity index (χ3v) is 2.99. The largest absolute Gasteiger partial charge is 0.356 e. The van der Waals surface area contributed by atoms with Crippen molar-refractivity contribution in [1.29, 1.82) is 0 Å². The molecule has 0 bridgehead atoms. The van der Waals surface area contributed by atoms with Gasteiger partial charge in [0.25, 0.3) is 0 Å². The van der Waals surface area contributed by atoms with E-state index >= 15 is 0 Å². The SMILES string of the molecule is C=C(C)CN(C)c1ccc(Cl)c(CNCC(C)C)n1. The Morgan fingerprint density at radius 3 is 2.74 bits per heavy atom. The van der Waals surface area contributed by atoms with E-state index in [1.54, 1.807) is 0 Å². The first-order chi connectivity index (χ1) is 8.90. The third kappa shape index (κ3) is 5.62. The van der Waals surface area contributed by atoms with E-state index in [0.717, 1.165) is 30.2 Å². The quantitative estimate of drug-likeness (QED) is 0.776. The normalized spacial score (nSPS) is 10.8. The van der Waals surface area contributed by atoms with Crippen LogP contribution in [0.4, 0.5) is 5.82 Å². The molecule has 0 atom stereocenters. The highest BCUT2D eigenvalue weighted by atomic mass is 35.5. The Morgan fingerprint density at radius 1 is 1.47 bits per heavy atom. The summed E-state index contributed by atoms with van der Waals surface area (Å²) in [7, 11) is 2.01. The second kappa shape index (κ2) is 7.51. The highest BCUT2D eigenvalue weighted by Gasteiger charge is 2.07. The minimum atomic E-state index is 0.619. The summed E-state index contributed by atoms with van der Waals surface area (Å²) in [5.41, 5.74) is 2.01. The van der Waals surface area contributed by atoms with Crippen LogP contribution in [0.25, 0.3) is 0 Å². The average molecular weight is 282 g/mol. The van der Waals surface area contributed by atoms with Gasteiger partial charge in [0.15, 0.2) is 0 Å². The van der Waals surface area contributed by atoms with E-state index in [4.69, 9.17) is 11.6 Å². The van der Waals surface area contributed by atoms with Crippen LogP contribution in [0.2, 0.25) is 5.02 Å². The third-order valence-electron chi connectivity index (χ3n) is 2.65. The van der Waals surface area contributed by atoms with Gasteiger partial charge in [0.05, 0.1) is 10.7 Å². The van der Waals surface area contributed by atoms with Gasteiger partial charge in [0, 0.05) is 20.1 Å². The molecular weight excluding hydrogens is 258 g/mol.